The first-order chi connectivity index (χ1) is 13.7. The van der Waals surface area contributed by atoms with E-state index < -0.39 is 6.10 Å². The van der Waals surface area contributed by atoms with Gasteiger partial charge < -0.3 is 19.7 Å². The maximum absolute atomic E-state index is 12.5. The molecule has 0 spiro atoms. The summed E-state index contributed by atoms with van der Waals surface area (Å²) in [5, 5.41) is 3.54. The van der Waals surface area contributed by atoms with E-state index >= 15 is 0 Å². The first kappa shape index (κ1) is 21.0. The zero-order valence-electron chi connectivity index (χ0n) is 16.0. The summed E-state index contributed by atoms with van der Waals surface area (Å²) in [7, 11) is 0. The number of anilines is 2. The Bertz CT molecular complexity index is 977. The topological polar surface area (TPSA) is 67.9 Å². The molecule has 0 aliphatic carbocycles. The van der Waals surface area contributed by atoms with Crippen molar-refractivity contribution in [2.75, 3.05) is 23.4 Å². The van der Waals surface area contributed by atoms with Crippen LogP contribution in [0.4, 0.5) is 11.4 Å². The van der Waals surface area contributed by atoms with Crippen LogP contribution in [0.1, 0.15) is 13.8 Å². The summed E-state index contributed by atoms with van der Waals surface area (Å²) in [6, 6.07) is 9.86. The van der Waals surface area contributed by atoms with Gasteiger partial charge in [0, 0.05) is 17.3 Å². The minimum absolute atomic E-state index is 0.162. The molecule has 0 aromatic heterocycles. The summed E-state index contributed by atoms with van der Waals surface area (Å²) in [4.78, 5) is 26.4. The molecule has 2 amide bonds. The third-order valence-electron chi connectivity index (χ3n) is 4.13. The van der Waals surface area contributed by atoms with Crippen molar-refractivity contribution in [3.63, 3.8) is 0 Å². The summed E-state index contributed by atoms with van der Waals surface area (Å²) in [6.07, 6.45) is -0.584. The maximum atomic E-state index is 12.5. The second-order valence-electron chi connectivity index (χ2n) is 6.74. The molecule has 1 heterocycles. The van der Waals surface area contributed by atoms with E-state index in [1.54, 1.807) is 42.2 Å². The molecule has 1 unspecified atom stereocenters. The highest BCUT2D eigenvalue weighted by molar-refractivity contribution is 6.35. The number of hydrogen-bond donors (Lipinski definition) is 1. The van der Waals surface area contributed by atoms with Crippen LogP contribution in [0, 0.1) is 0 Å². The van der Waals surface area contributed by atoms with Crippen LogP contribution in [-0.2, 0) is 9.59 Å². The van der Waals surface area contributed by atoms with Crippen LogP contribution in [-0.4, -0.2) is 31.1 Å². The standard InChI is InChI=1S/C21H20Cl2N2O4/c1-12(2)10-25-17-9-15(5-7-19(17)29-13(3)21(25)27)24-20(26)11-28-18-6-4-14(22)8-16(18)23/h4-9,13H,1,10-11H2,2-3H3,(H,24,26). The van der Waals surface area contributed by atoms with Crippen molar-refractivity contribution < 1.29 is 19.1 Å². The molecule has 1 N–H and O–H groups in total. The van der Waals surface area contributed by atoms with E-state index in [9.17, 15) is 9.59 Å². The zero-order valence-corrected chi connectivity index (χ0v) is 17.5. The predicted molar refractivity (Wildman–Crippen MR) is 114 cm³/mol. The molecule has 6 nitrogen and oxygen atoms in total. The number of amides is 2. The lowest BCUT2D eigenvalue weighted by molar-refractivity contribution is -0.125. The van der Waals surface area contributed by atoms with Crippen molar-refractivity contribution in [3.05, 3.63) is 58.6 Å². The minimum Gasteiger partial charge on any atom is -0.482 e. The van der Waals surface area contributed by atoms with Gasteiger partial charge in [-0.05, 0) is 50.2 Å². The fourth-order valence-electron chi connectivity index (χ4n) is 2.85. The van der Waals surface area contributed by atoms with Crippen molar-refractivity contribution in [1.29, 1.82) is 0 Å². The Morgan fingerprint density at radius 1 is 1.28 bits per heavy atom. The number of benzene rings is 2. The Balaban J connectivity index is 1.71. The SMILES string of the molecule is C=C(C)CN1C(=O)C(C)Oc2ccc(NC(=O)COc3ccc(Cl)cc3Cl)cc21. The summed E-state index contributed by atoms with van der Waals surface area (Å²) < 4.78 is 11.1. The Labute approximate surface area is 179 Å². The summed E-state index contributed by atoms with van der Waals surface area (Å²) >= 11 is 11.9. The number of carbonyl (C=O) groups is 2. The van der Waals surface area contributed by atoms with E-state index in [1.807, 2.05) is 6.92 Å². The number of nitrogens with zero attached hydrogens (tertiary/aromatic N) is 1. The Morgan fingerprint density at radius 2 is 2.03 bits per heavy atom. The maximum Gasteiger partial charge on any atom is 0.268 e. The molecule has 0 bridgehead atoms. The van der Waals surface area contributed by atoms with Crippen molar-refractivity contribution >= 4 is 46.4 Å². The number of fused-ring (bicyclic) bond motifs is 1. The number of hydrogen-bond acceptors (Lipinski definition) is 4. The lowest BCUT2D eigenvalue weighted by Crippen LogP contribution is -2.45. The highest BCUT2D eigenvalue weighted by atomic mass is 35.5. The predicted octanol–water partition coefficient (Wildman–Crippen LogP) is 4.70. The first-order valence-electron chi connectivity index (χ1n) is 8.89. The summed E-state index contributed by atoms with van der Waals surface area (Å²) in [6.45, 7) is 7.56. The van der Waals surface area contributed by atoms with Gasteiger partial charge in [0.1, 0.15) is 11.5 Å². The van der Waals surface area contributed by atoms with Crippen LogP contribution in [0.25, 0.3) is 0 Å². The van der Waals surface area contributed by atoms with Gasteiger partial charge >= 0.3 is 0 Å². The van der Waals surface area contributed by atoms with E-state index in [2.05, 4.69) is 11.9 Å². The molecule has 29 heavy (non-hydrogen) atoms. The van der Waals surface area contributed by atoms with E-state index in [-0.39, 0.29) is 18.4 Å². The van der Waals surface area contributed by atoms with Gasteiger partial charge in [0.25, 0.3) is 11.8 Å². The van der Waals surface area contributed by atoms with Gasteiger partial charge in [0.15, 0.2) is 12.7 Å². The van der Waals surface area contributed by atoms with Gasteiger partial charge in [0.2, 0.25) is 0 Å². The second-order valence-corrected chi connectivity index (χ2v) is 7.58. The lowest BCUT2D eigenvalue weighted by atomic mass is 10.1. The molecule has 1 aliphatic heterocycles. The third-order valence-corrected chi connectivity index (χ3v) is 4.66. The first-order valence-corrected chi connectivity index (χ1v) is 9.64. The van der Waals surface area contributed by atoms with Crippen LogP contribution < -0.4 is 19.7 Å². The molecule has 1 aliphatic rings. The fourth-order valence-corrected chi connectivity index (χ4v) is 3.31. The van der Waals surface area contributed by atoms with Crippen molar-refractivity contribution in [1.82, 2.24) is 0 Å². The summed E-state index contributed by atoms with van der Waals surface area (Å²) in [5.41, 5.74) is 1.92. The highest BCUT2D eigenvalue weighted by Crippen LogP contribution is 2.36. The normalized spacial score (nSPS) is 15.4. The van der Waals surface area contributed by atoms with Crippen molar-refractivity contribution in [3.8, 4) is 11.5 Å². The molecule has 8 heteroatoms. The zero-order chi connectivity index (χ0) is 21.1. The van der Waals surface area contributed by atoms with Gasteiger partial charge in [-0.25, -0.2) is 0 Å². The van der Waals surface area contributed by atoms with Crippen LogP contribution in [0.5, 0.6) is 11.5 Å². The molecule has 2 aromatic rings. The molecule has 0 saturated heterocycles. The Hall–Kier alpha value is -2.70. The van der Waals surface area contributed by atoms with Crippen LogP contribution in [0.3, 0.4) is 0 Å². The largest absolute Gasteiger partial charge is 0.482 e. The van der Waals surface area contributed by atoms with E-state index in [0.717, 1.165) is 5.57 Å². The third kappa shape index (κ3) is 5.02. The number of carbonyl (C=O) groups excluding carboxylic acids is 2. The van der Waals surface area contributed by atoms with Crippen LogP contribution >= 0.6 is 23.2 Å². The van der Waals surface area contributed by atoms with Crippen LogP contribution in [0.15, 0.2) is 48.6 Å². The minimum atomic E-state index is -0.584. The van der Waals surface area contributed by atoms with E-state index in [4.69, 9.17) is 32.7 Å². The van der Waals surface area contributed by atoms with Gasteiger partial charge in [0.05, 0.1) is 10.7 Å². The van der Waals surface area contributed by atoms with Gasteiger partial charge in [-0.15, -0.1) is 0 Å². The molecule has 0 fully saturated rings. The molecule has 2 aromatic carbocycles. The van der Waals surface area contributed by atoms with Crippen LogP contribution in [0.2, 0.25) is 10.0 Å². The Morgan fingerprint density at radius 3 is 2.72 bits per heavy atom. The monoisotopic (exact) mass is 434 g/mol. The van der Waals surface area contributed by atoms with Gasteiger partial charge in [-0.1, -0.05) is 35.4 Å². The quantitative estimate of drug-likeness (QED) is 0.668. The van der Waals surface area contributed by atoms with Gasteiger partial charge in [-0.2, -0.15) is 0 Å². The molecular formula is C21H20Cl2N2O4. The lowest BCUT2D eigenvalue weighted by Gasteiger charge is -2.33. The number of halogens is 2. The molecule has 0 radical (unpaired) electrons. The smallest absolute Gasteiger partial charge is 0.268 e. The molecule has 152 valence electrons. The van der Waals surface area contributed by atoms with E-state index in [1.165, 1.54) is 6.07 Å². The number of ether oxygens (including phenoxy) is 2. The number of rotatable bonds is 6. The van der Waals surface area contributed by atoms with E-state index in [0.29, 0.717) is 39.5 Å². The highest BCUT2D eigenvalue weighted by Gasteiger charge is 2.31. The van der Waals surface area contributed by atoms with Gasteiger partial charge in [-0.3, -0.25) is 9.59 Å². The fraction of sp³-hybridized carbons (Fsp3) is 0.238. The van der Waals surface area contributed by atoms with Crippen molar-refractivity contribution in [2.24, 2.45) is 0 Å². The molecule has 3 rings (SSSR count). The van der Waals surface area contributed by atoms with Crippen molar-refractivity contribution in [2.45, 2.75) is 20.0 Å². The average Bonchev–Trinajstić information content (AvgIpc) is 2.65. The second kappa shape index (κ2) is 8.76. The average molecular weight is 435 g/mol. The molecular weight excluding hydrogens is 415 g/mol. The summed E-state index contributed by atoms with van der Waals surface area (Å²) in [5.74, 6) is 0.390. The molecule has 0 saturated carbocycles. The number of nitrogens with one attached hydrogen (secondary N) is 1. The molecule has 1 atom stereocenters. The Kier molecular flexibility index (Phi) is 6.35.